The normalized spacial score (nSPS) is 22.7. The molecule has 1 fully saturated rings. The number of aromatic nitrogens is 1. The van der Waals surface area contributed by atoms with Crippen LogP contribution in [0.2, 0.25) is 0 Å². The van der Waals surface area contributed by atoms with Crippen molar-refractivity contribution in [2.24, 2.45) is 0 Å². The van der Waals surface area contributed by atoms with Crippen LogP contribution in [0.25, 0.3) is 5.57 Å². The Morgan fingerprint density at radius 3 is 2.85 bits per heavy atom. The first-order valence-corrected chi connectivity index (χ1v) is 11.4. The molecule has 7 heteroatoms. The van der Waals surface area contributed by atoms with Gasteiger partial charge in [-0.1, -0.05) is 43.0 Å². The molecule has 0 aliphatic carbocycles. The monoisotopic (exact) mass is 455 g/mol. The predicted molar refractivity (Wildman–Crippen MR) is 127 cm³/mol. The lowest BCUT2D eigenvalue weighted by atomic mass is 9.78. The van der Waals surface area contributed by atoms with Crippen molar-refractivity contribution in [3.05, 3.63) is 89.8 Å². The molecule has 172 valence electrons. The van der Waals surface area contributed by atoms with Crippen molar-refractivity contribution in [2.75, 3.05) is 27.0 Å². The van der Waals surface area contributed by atoms with Gasteiger partial charge in [0.1, 0.15) is 5.69 Å². The van der Waals surface area contributed by atoms with Crippen molar-refractivity contribution in [3.63, 3.8) is 0 Å². The minimum Gasteiger partial charge on any atom is -0.493 e. The van der Waals surface area contributed by atoms with Crippen molar-refractivity contribution < 1.29 is 19.0 Å². The number of nitrogens with zero attached hydrogens (tertiary/aromatic N) is 2. The van der Waals surface area contributed by atoms with Crippen LogP contribution in [0.4, 0.5) is 0 Å². The fourth-order valence-corrected chi connectivity index (χ4v) is 5.31. The molecule has 0 unspecified atom stereocenters. The second-order valence-electron chi connectivity index (χ2n) is 8.75. The highest BCUT2D eigenvalue weighted by Crippen LogP contribution is 2.47. The Morgan fingerprint density at radius 2 is 2.03 bits per heavy atom. The minimum absolute atomic E-state index is 0.0418. The average Bonchev–Trinajstić information content (AvgIpc) is 3.37. The standard InChI is InChI=1S/C27H25N3O4/c1-16(17-7-4-3-5-8-17)20-14-30-21(13-29-20)24(19-9-6-10-28-25(19)27(30)31)18-11-22(32-2)26-23(12-18)33-15-34-26/h3-12,20-21,24,29H,1,13-15H2,2H3/t20-,21-,24+/m1/s1. The van der Waals surface area contributed by atoms with E-state index >= 15 is 0 Å². The third-order valence-corrected chi connectivity index (χ3v) is 6.98. The van der Waals surface area contributed by atoms with Gasteiger partial charge in [-0.05, 0) is 40.5 Å². The molecule has 1 N–H and O–H groups in total. The van der Waals surface area contributed by atoms with Gasteiger partial charge >= 0.3 is 0 Å². The summed E-state index contributed by atoms with van der Waals surface area (Å²) in [6, 6.07) is 17.8. The van der Waals surface area contributed by atoms with E-state index in [1.165, 1.54) is 0 Å². The van der Waals surface area contributed by atoms with Gasteiger partial charge in [0.15, 0.2) is 11.5 Å². The lowest BCUT2D eigenvalue weighted by Gasteiger charge is -2.47. The first-order chi connectivity index (χ1) is 16.7. The molecule has 0 saturated carbocycles. The van der Waals surface area contributed by atoms with Crippen LogP contribution in [-0.2, 0) is 0 Å². The summed E-state index contributed by atoms with van der Waals surface area (Å²) in [6.45, 7) is 5.64. The Hall–Kier alpha value is -3.84. The third kappa shape index (κ3) is 3.23. The molecule has 4 heterocycles. The molecule has 0 spiro atoms. The molecule has 3 aliphatic heterocycles. The second-order valence-corrected chi connectivity index (χ2v) is 8.75. The molecule has 0 bridgehead atoms. The average molecular weight is 456 g/mol. The van der Waals surface area contributed by atoms with Crippen LogP contribution in [-0.4, -0.2) is 54.9 Å². The molecule has 1 aromatic heterocycles. The SMILES string of the molecule is C=C(c1ccccc1)[C@H]1CN2C(=O)c3ncccc3[C@H](c3cc(OC)c4c(c3)OCO4)[C@H]2CN1. The van der Waals surface area contributed by atoms with E-state index in [4.69, 9.17) is 14.2 Å². The number of carbonyl (C=O) groups excluding carboxylic acids is 1. The molecule has 0 radical (unpaired) electrons. The molecule has 3 aliphatic rings. The van der Waals surface area contributed by atoms with Crippen LogP contribution >= 0.6 is 0 Å². The molecule has 6 rings (SSSR count). The number of hydrogen-bond donors (Lipinski definition) is 1. The summed E-state index contributed by atoms with van der Waals surface area (Å²) in [6.07, 6.45) is 1.68. The minimum atomic E-state index is -0.0942. The molecule has 1 saturated heterocycles. The highest BCUT2D eigenvalue weighted by Gasteiger charge is 2.45. The summed E-state index contributed by atoms with van der Waals surface area (Å²) in [5.41, 5.74) is 4.45. The van der Waals surface area contributed by atoms with Crippen LogP contribution < -0.4 is 19.5 Å². The lowest BCUT2D eigenvalue weighted by Crippen LogP contribution is -2.62. The van der Waals surface area contributed by atoms with Crippen molar-refractivity contribution in [2.45, 2.75) is 18.0 Å². The van der Waals surface area contributed by atoms with Gasteiger partial charge in [0, 0.05) is 31.2 Å². The number of fused-ring (bicyclic) bond motifs is 3. The summed E-state index contributed by atoms with van der Waals surface area (Å²) in [5, 5.41) is 3.65. The Balaban J connectivity index is 1.40. The van der Waals surface area contributed by atoms with Gasteiger partial charge in [-0.15, -0.1) is 0 Å². The van der Waals surface area contributed by atoms with Crippen molar-refractivity contribution in [3.8, 4) is 17.2 Å². The maximum absolute atomic E-state index is 13.6. The van der Waals surface area contributed by atoms with E-state index in [1.807, 2.05) is 59.5 Å². The number of pyridine rings is 1. The largest absolute Gasteiger partial charge is 0.493 e. The van der Waals surface area contributed by atoms with Crippen LogP contribution in [0.1, 0.15) is 33.1 Å². The van der Waals surface area contributed by atoms with Gasteiger partial charge in [0.05, 0.1) is 13.2 Å². The van der Waals surface area contributed by atoms with Crippen molar-refractivity contribution in [1.82, 2.24) is 15.2 Å². The van der Waals surface area contributed by atoms with Gasteiger partial charge in [-0.3, -0.25) is 9.78 Å². The Kier molecular flexibility index (Phi) is 4.99. The van der Waals surface area contributed by atoms with Gasteiger partial charge in [0.2, 0.25) is 12.5 Å². The Labute approximate surface area is 198 Å². The van der Waals surface area contributed by atoms with Gasteiger partial charge in [-0.2, -0.15) is 0 Å². The van der Waals surface area contributed by atoms with Crippen LogP contribution in [0.3, 0.4) is 0 Å². The van der Waals surface area contributed by atoms with E-state index in [1.54, 1.807) is 13.3 Å². The molecule has 2 aromatic carbocycles. The zero-order valence-corrected chi connectivity index (χ0v) is 18.9. The summed E-state index contributed by atoms with van der Waals surface area (Å²) in [7, 11) is 1.62. The molecule has 7 nitrogen and oxygen atoms in total. The van der Waals surface area contributed by atoms with E-state index in [0.717, 1.165) is 22.3 Å². The molecular weight excluding hydrogens is 430 g/mol. The zero-order chi connectivity index (χ0) is 23.2. The van der Waals surface area contributed by atoms with Gasteiger partial charge in [0.25, 0.3) is 5.91 Å². The topological polar surface area (TPSA) is 72.9 Å². The predicted octanol–water partition coefficient (Wildman–Crippen LogP) is 3.46. The van der Waals surface area contributed by atoms with Crippen LogP contribution in [0, 0.1) is 0 Å². The van der Waals surface area contributed by atoms with Gasteiger partial charge in [-0.25, -0.2) is 0 Å². The number of ether oxygens (including phenoxy) is 3. The maximum atomic E-state index is 13.6. The summed E-state index contributed by atoms with van der Waals surface area (Å²) < 4.78 is 16.9. The molecule has 3 aromatic rings. The fourth-order valence-electron chi connectivity index (χ4n) is 5.31. The van der Waals surface area contributed by atoms with E-state index in [2.05, 4.69) is 16.9 Å². The molecular formula is C27H25N3O4. The highest BCUT2D eigenvalue weighted by molar-refractivity contribution is 5.96. The number of carbonyl (C=O) groups is 1. The number of methoxy groups -OCH3 is 1. The number of hydrogen-bond acceptors (Lipinski definition) is 6. The van der Waals surface area contributed by atoms with Gasteiger partial charge < -0.3 is 24.4 Å². The first kappa shape index (κ1) is 20.7. The van der Waals surface area contributed by atoms with E-state index in [0.29, 0.717) is 36.0 Å². The Bertz CT molecular complexity index is 1280. The summed E-state index contributed by atoms with van der Waals surface area (Å²) in [4.78, 5) is 20.0. The number of amides is 1. The molecule has 3 atom stereocenters. The lowest BCUT2D eigenvalue weighted by molar-refractivity contribution is 0.0544. The smallest absolute Gasteiger partial charge is 0.273 e. The van der Waals surface area contributed by atoms with Crippen LogP contribution in [0.15, 0.2) is 67.4 Å². The first-order valence-electron chi connectivity index (χ1n) is 11.4. The highest BCUT2D eigenvalue weighted by atomic mass is 16.7. The molecule has 1 amide bonds. The second kappa shape index (κ2) is 8.18. The number of piperazine rings is 1. The van der Waals surface area contributed by atoms with Crippen LogP contribution in [0.5, 0.6) is 17.2 Å². The van der Waals surface area contributed by atoms with E-state index < -0.39 is 0 Å². The Morgan fingerprint density at radius 1 is 1.18 bits per heavy atom. The van der Waals surface area contributed by atoms with Crippen molar-refractivity contribution in [1.29, 1.82) is 0 Å². The number of benzene rings is 2. The number of rotatable bonds is 4. The third-order valence-electron chi connectivity index (χ3n) is 6.98. The quantitative estimate of drug-likeness (QED) is 0.650. The zero-order valence-electron chi connectivity index (χ0n) is 18.9. The fraction of sp³-hybridized carbons (Fsp3) is 0.259. The summed E-state index contributed by atoms with van der Waals surface area (Å²) in [5.74, 6) is 1.75. The van der Waals surface area contributed by atoms with E-state index in [9.17, 15) is 4.79 Å². The van der Waals surface area contributed by atoms with Crippen molar-refractivity contribution >= 4 is 11.5 Å². The summed E-state index contributed by atoms with van der Waals surface area (Å²) >= 11 is 0. The maximum Gasteiger partial charge on any atom is 0.273 e. The number of nitrogens with one attached hydrogen (secondary N) is 1. The van der Waals surface area contributed by atoms with E-state index in [-0.39, 0.29) is 30.7 Å². The molecule has 34 heavy (non-hydrogen) atoms.